The zero-order chi connectivity index (χ0) is 13.8. The Labute approximate surface area is 119 Å². The van der Waals surface area contributed by atoms with Crippen LogP contribution in [0.4, 0.5) is 0 Å². The lowest BCUT2D eigenvalue weighted by Crippen LogP contribution is -2.08. The topological polar surface area (TPSA) is 0 Å². The van der Waals surface area contributed by atoms with E-state index in [1.165, 1.54) is 12.8 Å². The minimum atomic E-state index is 0.698. The van der Waals surface area contributed by atoms with Gasteiger partial charge in [0.15, 0.2) is 0 Å². The third-order valence-electron chi connectivity index (χ3n) is 3.51. The molecule has 0 amide bonds. The predicted octanol–water partition coefficient (Wildman–Crippen LogP) is 6.00. The lowest BCUT2D eigenvalue weighted by Gasteiger charge is -2.19. The number of rotatable bonds is 8. The van der Waals surface area contributed by atoms with E-state index in [0.29, 0.717) is 5.92 Å². The lowest BCUT2D eigenvalue weighted by atomic mass is 9.86. The van der Waals surface area contributed by atoms with Crippen LogP contribution >= 0.6 is 0 Å². The SMILES string of the molecule is CC/C=C\C/C=C\C/C=C\CCC1C=CC=CC1C. The van der Waals surface area contributed by atoms with Crippen molar-refractivity contribution in [2.45, 2.75) is 46.0 Å². The van der Waals surface area contributed by atoms with Crippen LogP contribution in [0.3, 0.4) is 0 Å². The van der Waals surface area contributed by atoms with Crippen molar-refractivity contribution in [3.63, 3.8) is 0 Å². The fourth-order valence-corrected chi connectivity index (χ4v) is 2.24. The molecule has 0 saturated heterocycles. The zero-order valence-electron chi connectivity index (χ0n) is 12.5. The molecule has 0 nitrogen and oxygen atoms in total. The maximum atomic E-state index is 2.35. The van der Waals surface area contributed by atoms with Gasteiger partial charge in [0.05, 0.1) is 0 Å². The van der Waals surface area contributed by atoms with Crippen molar-refractivity contribution < 1.29 is 0 Å². The zero-order valence-corrected chi connectivity index (χ0v) is 12.5. The molecule has 0 radical (unpaired) electrons. The Hall–Kier alpha value is -1.30. The maximum absolute atomic E-state index is 2.35. The highest BCUT2D eigenvalue weighted by Crippen LogP contribution is 2.23. The van der Waals surface area contributed by atoms with Crippen LogP contribution < -0.4 is 0 Å². The van der Waals surface area contributed by atoms with E-state index in [0.717, 1.165) is 25.2 Å². The van der Waals surface area contributed by atoms with E-state index >= 15 is 0 Å². The van der Waals surface area contributed by atoms with Crippen LogP contribution in [0.1, 0.15) is 46.0 Å². The standard InChI is InChI=1S/C19H28/c1-3-4-5-6-7-8-9-10-11-12-16-19-17-14-13-15-18(19)2/h4-5,7-8,10-11,13-15,17-19H,3,6,9,12,16H2,1-2H3/b5-4-,8-7-,11-10-. The normalized spacial score (nSPS) is 23.3. The summed E-state index contributed by atoms with van der Waals surface area (Å²) in [4.78, 5) is 0. The number of hydrogen-bond donors (Lipinski definition) is 0. The van der Waals surface area contributed by atoms with Gasteiger partial charge in [-0.1, -0.05) is 74.6 Å². The minimum absolute atomic E-state index is 0.698. The predicted molar refractivity (Wildman–Crippen MR) is 87.1 cm³/mol. The van der Waals surface area contributed by atoms with E-state index < -0.39 is 0 Å². The Kier molecular flexibility index (Phi) is 8.80. The summed E-state index contributed by atoms with van der Waals surface area (Å²) < 4.78 is 0. The van der Waals surface area contributed by atoms with Crippen LogP contribution in [0.15, 0.2) is 60.8 Å². The molecule has 0 fully saturated rings. The summed E-state index contributed by atoms with van der Waals surface area (Å²) in [6.07, 6.45) is 28.3. The fraction of sp³-hybridized carbons (Fsp3) is 0.474. The Morgan fingerprint density at radius 2 is 1.47 bits per heavy atom. The second kappa shape index (κ2) is 10.6. The molecule has 1 aliphatic carbocycles. The van der Waals surface area contributed by atoms with E-state index in [2.05, 4.69) is 74.6 Å². The van der Waals surface area contributed by atoms with Crippen LogP contribution in [0, 0.1) is 11.8 Å². The van der Waals surface area contributed by atoms with Gasteiger partial charge in [-0.15, -0.1) is 0 Å². The number of hydrogen-bond acceptors (Lipinski definition) is 0. The summed E-state index contributed by atoms with van der Waals surface area (Å²) in [5, 5.41) is 0. The summed E-state index contributed by atoms with van der Waals surface area (Å²) in [7, 11) is 0. The molecule has 0 spiro atoms. The smallest absolute Gasteiger partial charge is 0.0167 e. The Bertz CT molecular complexity index is 352. The Morgan fingerprint density at radius 3 is 2.16 bits per heavy atom. The molecule has 0 heterocycles. The van der Waals surface area contributed by atoms with E-state index in [9.17, 15) is 0 Å². The van der Waals surface area contributed by atoms with Crippen LogP contribution in [-0.2, 0) is 0 Å². The van der Waals surface area contributed by atoms with Gasteiger partial charge in [-0.05, 0) is 43.9 Å². The highest BCUT2D eigenvalue weighted by molar-refractivity contribution is 5.13. The largest absolute Gasteiger partial charge is 0.0885 e. The molecule has 0 heteroatoms. The quantitative estimate of drug-likeness (QED) is 0.467. The molecule has 0 N–H and O–H groups in total. The second-order valence-electron chi connectivity index (χ2n) is 5.16. The summed E-state index contributed by atoms with van der Waals surface area (Å²) >= 11 is 0. The van der Waals surface area contributed by atoms with Gasteiger partial charge in [-0.2, -0.15) is 0 Å². The first kappa shape index (κ1) is 15.8. The van der Waals surface area contributed by atoms with E-state index in [1.54, 1.807) is 0 Å². The molecule has 2 unspecified atom stereocenters. The van der Waals surface area contributed by atoms with Crippen molar-refractivity contribution >= 4 is 0 Å². The fourth-order valence-electron chi connectivity index (χ4n) is 2.24. The van der Waals surface area contributed by atoms with Crippen LogP contribution in [-0.4, -0.2) is 0 Å². The average molecular weight is 256 g/mol. The lowest BCUT2D eigenvalue weighted by molar-refractivity contribution is 0.475. The molecule has 19 heavy (non-hydrogen) atoms. The van der Waals surface area contributed by atoms with Crippen molar-refractivity contribution in [1.82, 2.24) is 0 Å². The molecule has 104 valence electrons. The molecule has 0 aromatic carbocycles. The molecule has 1 aliphatic rings. The Balaban J connectivity index is 2.06. The van der Waals surface area contributed by atoms with E-state index in [-0.39, 0.29) is 0 Å². The summed E-state index contributed by atoms with van der Waals surface area (Å²) in [5.41, 5.74) is 0. The molecule has 0 aromatic rings. The number of allylic oxidation sites excluding steroid dienone is 10. The summed E-state index contributed by atoms with van der Waals surface area (Å²) in [6.45, 7) is 4.47. The van der Waals surface area contributed by atoms with Crippen LogP contribution in [0.25, 0.3) is 0 Å². The molecule has 1 rings (SSSR count). The van der Waals surface area contributed by atoms with Gasteiger partial charge < -0.3 is 0 Å². The van der Waals surface area contributed by atoms with Gasteiger partial charge in [0.25, 0.3) is 0 Å². The van der Waals surface area contributed by atoms with E-state index in [1.807, 2.05) is 0 Å². The first-order valence-corrected chi connectivity index (χ1v) is 7.64. The highest BCUT2D eigenvalue weighted by atomic mass is 14.2. The summed E-state index contributed by atoms with van der Waals surface area (Å²) in [6, 6.07) is 0. The molecule has 2 atom stereocenters. The van der Waals surface area contributed by atoms with Crippen molar-refractivity contribution in [2.75, 3.05) is 0 Å². The van der Waals surface area contributed by atoms with Gasteiger partial charge in [0.2, 0.25) is 0 Å². The van der Waals surface area contributed by atoms with Gasteiger partial charge in [0, 0.05) is 0 Å². The molecule has 0 aromatic heterocycles. The van der Waals surface area contributed by atoms with Gasteiger partial charge >= 0.3 is 0 Å². The van der Waals surface area contributed by atoms with Gasteiger partial charge in [-0.3, -0.25) is 0 Å². The van der Waals surface area contributed by atoms with Crippen molar-refractivity contribution in [3.05, 3.63) is 60.8 Å². The molecule has 0 bridgehead atoms. The minimum Gasteiger partial charge on any atom is -0.0885 e. The first-order valence-electron chi connectivity index (χ1n) is 7.64. The first-order chi connectivity index (χ1) is 9.34. The monoisotopic (exact) mass is 256 g/mol. The van der Waals surface area contributed by atoms with Crippen LogP contribution in [0.2, 0.25) is 0 Å². The van der Waals surface area contributed by atoms with E-state index in [4.69, 9.17) is 0 Å². The molecule has 0 aliphatic heterocycles. The highest BCUT2D eigenvalue weighted by Gasteiger charge is 2.12. The van der Waals surface area contributed by atoms with Crippen molar-refractivity contribution in [2.24, 2.45) is 11.8 Å². The average Bonchev–Trinajstić information content (AvgIpc) is 2.43. The third kappa shape index (κ3) is 7.66. The second-order valence-corrected chi connectivity index (χ2v) is 5.16. The molecular formula is C19H28. The van der Waals surface area contributed by atoms with Crippen molar-refractivity contribution in [3.8, 4) is 0 Å². The van der Waals surface area contributed by atoms with Crippen LogP contribution in [0.5, 0.6) is 0 Å². The van der Waals surface area contributed by atoms with Crippen molar-refractivity contribution in [1.29, 1.82) is 0 Å². The third-order valence-corrected chi connectivity index (χ3v) is 3.51. The molecular weight excluding hydrogens is 228 g/mol. The summed E-state index contributed by atoms with van der Waals surface area (Å²) in [5.74, 6) is 1.42. The Morgan fingerprint density at radius 1 is 0.842 bits per heavy atom. The van der Waals surface area contributed by atoms with Gasteiger partial charge in [-0.25, -0.2) is 0 Å². The van der Waals surface area contributed by atoms with Gasteiger partial charge in [0.1, 0.15) is 0 Å². The molecule has 0 saturated carbocycles. The maximum Gasteiger partial charge on any atom is -0.0167 e.